The minimum absolute atomic E-state index is 0.0489. The van der Waals surface area contributed by atoms with Crippen LogP contribution < -0.4 is 5.32 Å². The van der Waals surface area contributed by atoms with E-state index in [0.29, 0.717) is 18.4 Å². The molecule has 0 bridgehead atoms. The van der Waals surface area contributed by atoms with Crippen molar-refractivity contribution in [1.82, 2.24) is 5.32 Å². The quantitative estimate of drug-likeness (QED) is 0.605. The SMILES string of the molecule is CCc1ccc(C(=O)NC(CC)CO)cc1[N+](=O)[O-]. The Hall–Kier alpha value is -1.95. The number of hydrogen-bond acceptors (Lipinski definition) is 4. The lowest BCUT2D eigenvalue weighted by atomic mass is 10.1. The Balaban J connectivity index is 2.98. The number of carbonyl (C=O) groups is 1. The zero-order chi connectivity index (χ0) is 14.4. The molecule has 1 rings (SSSR count). The van der Waals surface area contributed by atoms with Gasteiger partial charge in [-0.3, -0.25) is 14.9 Å². The van der Waals surface area contributed by atoms with Crippen molar-refractivity contribution in [2.24, 2.45) is 0 Å². The Bertz CT molecular complexity index is 470. The lowest BCUT2D eigenvalue weighted by molar-refractivity contribution is -0.385. The topological polar surface area (TPSA) is 92.5 Å². The van der Waals surface area contributed by atoms with Crippen molar-refractivity contribution in [3.05, 3.63) is 39.4 Å². The summed E-state index contributed by atoms with van der Waals surface area (Å²) in [5, 5.41) is 22.6. The number of nitrogens with one attached hydrogen (secondary N) is 1. The van der Waals surface area contributed by atoms with Gasteiger partial charge in [0.15, 0.2) is 0 Å². The number of benzene rings is 1. The molecule has 0 aliphatic carbocycles. The molecule has 1 atom stereocenters. The minimum atomic E-state index is -0.487. The first-order valence-electron chi connectivity index (χ1n) is 6.22. The van der Waals surface area contributed by atoms with Crippen LogP contribution in [0.25, 0.3) is 0 Å². The third kappa shape index (κ3) is 3.75. The zero-order valence-electron chi connectivity index (χ0n) is 11.0. The van der Waals surface area contributed by atoms with Gasteiger partial charge < -0.3 is 10.4 Å². The predicted molar refractivity (Wildman–Crippen MR) is 71.1 cm³/mol. The van der Waals surface area contributed by atoms with E-state index in [2.05, 4.69) is 5.32 Å². The van der Waals surface area contributed by atoms with Crippen LogP contribution in [-0.2, 0) is 6.42 Å². The summed E-state index contributed by atoms with van der Waals surface area (Å²) < 4.78 is 0. The number of nitrogens with zero attached hydrogens (tertiary/aromatic N) is 1. The lowest BCUT2D eigenvalue weighted by Crippen LogP contribution is -2.36. The molecular weight excluding hydrogens is 248 g/mol. The smallest absolute Gasteiger partial charge is 0.273 e. The fourth-order valence-corrected chi connectivity index (χ4v) is 1.72. The molecule has 0 heterocycles. The molecule has 6 heteroatoms. The number of hydrogen-bond donors (Lipinski definition) is 2. The van der Waals surface area contributed by atoms with Gasteiger partial charge in [-0.15, -0.1) is 0 Å². The van der Waals surface area contributed by atoms with E-state index in [4.69, 9.17) is 5.11 Å². The van der Waals surface area contributed by atoms with Gasteiger partial charge in [0.1, 0.15) is 0 Å². The summed E-state index contributed by atoms with van der Waals surface area (Å²) in [5.74, 6) is -0.411. The number of nitro groups is 1. The number of nitro benzene ring substituents is 1. The van der Waals surface area contributed by atoms with Crippen LogP contribution in [0.1, 0.15) is 36.2 Å². The van der Waals surface area contributed by atoms with Crippen LogP contribution in [0.3, 0.4) is 0 Å². The van der Waals surface area contributed by atoms with Crippen LogP contribution >= 0.6 is 0 Å². The summed E-state index contributed by atoms with van der Waals surface area (Å²) in [6, 6.07) is 4.09. The maximum Gasteiger partial charge on any atom is 0.273 e. The third-order valence-electron chi connectivity index (χ3n) is 2.97. The molecule has 0 aliphatic heterocycles. The molecule has 1 unspecified atom stereocenters. The highest BCUT2D eigenvalue weighted by Gasteiger charge is 2.17. The van der Waals surface area contributed by atoms with Crippen molar-refractivity contribution >= 4 is 11.6 Å². The second-order valence-corrected chi connectivity index (χ2v) is 4.22. The van der Waals surface area contributed by atoms with Gasteiger partial charge in [-0.2, -0.15) is 0 Å². The molecule has 2 N–H and O–H groups in total. The van der Waals surface area contributed by atoms with Gasteiger partial charge in [0.2, 0.25) is 0 Å². The van der Waals surface area contributed by atoms with E-state index in [1.165, 1.54) is 6.07 Å². The monoisotopic (exact) mass is 266 g/mol. The molecule has 104 valence electrons. The number of aryl methyl sites for hydroxylation is 1. The molecule has 19 heavy (non-hydrogen) atoms. The summed E-state index contributed by atoms with van der Waals surface area (Å²) in [6.45, 7) is 3.50. The normalized spacial score (nSPS) is 11.9. The van der Waals surface area contributed by atoms with Crippen molar-refractivity contribution in [2.45, 2.75) is 32.7 Å². The molecule has 0 fully saturated rings. The number of rotatable bonds is 6. The maximum absolute atomic E-state index is 11.9. The van der Waals surface area contributed by atoms with Crippen LogP contribution in [0.4, 0.5) is 5.69 Å². The van der Waals surface area contributed by atoms with Crippen LogP contribution in [0.15, 0.2) is 18.2 Å². The number of amides is 1. The summed E-state index contributed by atoms with van der Waals surface area (Å²) in [5.41, 5.74) is 0.777. The average molecular weight is 266 g/mol. The highest BCUT2D eigenvalue weighted by Crippen LogP contribution is 2.20. The molecule has 0 saturated carbocycles. The lowest BCUT2D eigenvalue weighted by Gasteiger charge is -2.14. The second-order valence-electron chi connectivity index (χ2n) is 4.22. The first-order valence-corrected chi connectivity index (χ1v) is 6.22. The zero-order valence-corrected chi connectivity index (χ0v) is 11.0. The molecule has 0 radical (unpaired) electrons. The van der Waals surface area contributed by atoms with Crippen molar-refractivity contribution in [1.29, 1.82) is 0 Å². The standard InChI is InChI=1S/C13H18N2O4/c1-3-9-5-6-10(7-12(9)15(18)19)13(17)14-11(4-2)8-16/h5-7,11,16H,3-4,8H2,1-2H3,(H,14,17). The molecule has 0 spiro atoms. The Morgan fingerprint density at radius 3 is 2.63 bits per heavy atom. The first-order chi connectivity index (χ1) is 9.03. The van der Waals surface area contributed by atoms with Crippen molar-refractivity contribution in [2.75, 3.05) is 6.61 Å². The van der Waals surface area contributed by atoms with Gasteiger partial charge in [-0.1, -0.05) is 19.9 Å². The Morgan fingerprint density at radius 1 is 1.47 bits per heavy atom. The van der Waals surface area contributed by atoms with Gasteiger partial charge in [0, 0.05) is 17.2 Å². The van der Waals surface area contributed by atoms with Crippen molar-refractivity contribution in [3.63, 3.8) is 0 Å². The summed E-state index contributed by atoms with van der Waals surface area (Å²) >= 11 is 0. The predicted octanol–water partition coefficient (Wildman–Crippen LogP) is 1.66. The first kappa shape index (κ1) is 15.1. The van der Waals surface area contributed by atoms with E-state index in [1.807, 2.05) is 13.8 Å². The van der Waals surface area contributed by atoms with Crippen LogP contribution in [0.2, 0.25) is 0 Å². The van der Waals surface area contributed by atoms with Crippen LogP contribution in [-0.4, -0.2) is 28.6 Å². The van der Waals surface area contributed by atoms with E-state index >= 15 is 0 Å². The van der Waals surface area contributed by atoms with Gasteiger partial charge in [-0.25, -0.2) is 0 Å². The third-order valence-corrected chi connectivity index (χ3v) is 2.97. The molecule has 1 amide bonds. The van der Waals surface area contributed by atoms with Gasteiger partial charge >= 0.3 is 0 Å². The van der Waals surface area contributed by atoms with Crippen LogP contribution in [0.5, 0.6) is 0 Å². The van der Waals surface area contributed by atoms with Gasteiger partial charge in [0.05, 0.1) is 17.6 Å². The van der Waals surface area contributed by atoms with Gasteiger partial charge in [0.25, 0.3) is 11.6 Å². The molecular formula is C13H18N2O4. The highest BCUT2D eigenvalue weighted by atomic mass is 16.6. The fourth-order valence-electron chi connectivity index (χ4n) is 1.72. The van der Waals surface area contributed by atoms with Crippen LogP contribution in [0, 0.1) is 10.1 Å². The Kier molecular flexibility index (Phi) is 5.44. The second kappa shape index (κ2) is 6.84. The number of aliphatic hydroxyl groups excluding tert-OH is 1. The maximum atomic E-state index is 11.9. The average Bonchev–Trinajstić information content (AvgIpc) is 2.43. The van der Waals surface area contributed by atoms with E-state index in [0.717, 1.165) is 0 Å². The molecule has 1 aromatic rings. The van der Waals surface area contributed by atoms with Crippen molar-refractivity contribution in [3.8, 4) is 0 Å². The largest absolute Gasteiger partial charge is 0.394 e. The fraction of sp³-hybridized carbons (Fsp3) is 0.462. The summed E-state index contributed by atoms with van der Waals surface area (Å²) in [7, 11) is 0. The highest BCUT2D eigenvalue weighted by molar-refractivity contribution is 5.95. The Morgan fingerprint density at radius 2 is 2.16 bits per heavy atom. The molecule has 1 aromatic carbocycles. The van der Waals surface area contributed by atoms with E-state index < -0.39 is 10.8 Å². The molecule has 0 saturated heterocycles. The van der Waals surface area contributed by atoms with E-state index in [1.54, 1.807) is 12.1 Å². The molecule has 0 aromatic heterocycles. The number of aliphatic hydroxyl groups is 1. The summed E-state index contributed by atoms with van der Waals surface area (Å²) in [4.78, 5) is 22.3. The Labute approximate surface area is 111 Å². The molecule has 0 aliphatic rings. The van der Waals surface area contributed by atoms with E-state index in [-0.39, 0.29) is 23.9 Å². The van der Waals surface area contributed by atoms with Crippen molar-refractivity contribution < 1.29 is 14.8 Å². The number of carbonyl (C=O) groups excluding carboxylic acids is 1. The van der Waals surface area contributed by atoms with E-state index in [9.17, 15) is 14.9 Å². The molecule has 6 nitrogen and oxygen atoms in total. The minimum Gasteiger partial charge on any atom is -0.394 e. The summed E-state index contributed by atoms with van der Waals surface area (Å²) in [6.07, 6.45) is 1.13. The van der Waals surface area contributed by atoms with Gasteiger partial charge in [-0.05, 0) is 18.9 Å².